The Hall–Kier alpha value is -1.71. The summed E-state index contributed by atoms with van der Waals surface area (Å²) in [6.07, 6.45) is 1.97. The van der Waals surface area contributed by atoms with Gasteiger partial charge in [-0.2, -0.15) is 0 Å². The lowest BCUT2D eigenvalue weighted by Gasteiger charge is -2.32. The molecule has 2 N–H and O–H groups in total. The van der Waals surface area contributed by atoms with Crippen LogP contribution < -0.4 is 10.0 Å². The molecular formula is C14H22N4O4S. The SMILES string of the molecule is CCN1CCCC(Nc2ccc(S(=O)(=O)NC)cc2[N+](=O)[O-])C1. The summed E-state index contributed by atoms with van der Waals surface area (Å²) in [6, 6.07) is 4.05. The molecule has 1 aliphatic rings. The van der Waals surface area contributed by atoms with Gasteiger partial charge in [-0.3, -0.25) is 10.1 Å². The topological polar surface area (TPSA) is 105 Å². The molecule has 0 bridgehead atoms. The number of hydrogen-bond acceptors (Lipinski definition) is 6. The van der Waals surface area contributed by atoms with E-state index in [1.54, 1.807) is 0 Å². The fourth-order valence-corrected chi connectivity index (χ4v) is 3.50. The van der Waals surface area contributed by atoms with Gasteiger partial charge in [0.25, 0.3) is 5.69 Å². The van der Waals surface area contributed by atoms with Crippen LogP contribution in [-0.2, 0) is 10.0 Å². The van der Waals surface area contributed by atoms with Gasteiger partial charge in [0.05, 0.1) is 9.82 Å². The fourth-order valence-electron chi connectivity index (χ4n) is 2.75. The van der Waals surface area contributed by atoms with Crippen molar-refractivity contribution in [2.75, 3.05) is 32.0 Å². The van der Waals surface area contributed by atoms with E-state index in [-0.39, 0.29) is 16.6 Å². The highest BCUT2D eigenvalue weighted by atomic mass is 32.2. The summed E-state index contributed by atoms with van der Waals surface area (Å²) < 4.78 is 25.8. The molecule has 128 valence electrons. The molecule has 9 heteroatoms. The Morgan fingerprint density at radius 3 is 2.78 bits per heavy atom. The Balaban J connectivity index is 2.26. The Kier molecular flexibility index (Phi) is 5.55. The molecule has 1 aliphatic heterocycles. The summed E-state index contributed by atoms with van der Waals surface area (Å²) >= 11 is 0. The molecule has 0 radical (unpaired) electrons. The van der Waals surface area contributed by atoms with E-state index >= 15 is 0 Å². The third-order valence-corrected chi connectivity index (χ3v) is 5.47. The number of rotatable bonds is 6. The van der Waals surface area contributed by atoms with Crippen molar-refractivity contribution >= 4 is 21.4 Å². The van der Waals surface area contributed by atoms with E-state index in [2.05, 4.69) is 21.9 Å². The maximum atomic E-state index is 11.8. The van der Waals surface area contributed by atoms with Gasteiger partial charge in [-0.25, -0.2) is 13.1 Å². The summed E-state index contributed by atoms with van der Waals surface area (Å²) in [6.45, 7) is 4.89. The maximum absolute atomic E-state index is 11.8. The maximum Gasteiger partial charge on any atom is 0.293 e. The van der Waals surface area contributed by atoms with Gasteiger partial charge in [0, 0.05) is 18.7 Å². The lowest BCUT2D eigenvalue weighted by atomic mass is 10.1. The predicted octanol–water partition coefficient (Wildman–Crippen LogP) is 1.40. The highest BCUT2D eigenvalue weighted by Crippen LogP contribution is 2.29. The van der Waals surface area contributed by atoms with Crippen LogP contribution in [0.2, 0.25) is 0 Å². The monoisotopic (exact) mass is 342 g/mol. The van der Waals surface area contributed by atoms with Gasteiger partial charge >= 0.3 is 0 Å². The number of piperidine rings is 1. The third kappa shape index (κ3) is 4.18. The molecule has 1 unspecified atom stereocenters. The molecule has 23 heavy (non-hydrogen) atoms. The van der Waals surface area contributed by atoms with Crippen molar-refractivity contribution in [2.24, 2.45) is 0 Å². The highest BCUT2D eigenvalue weighted by molar-refractivity contribution is 7.89. The number of sulfonamides is 1. The second-order valence-electron chi connectivity index (χ2n) is 5.52. The minimum absolute atomic E-state index is 0.115. The van der Waals surface area contributed by atoms with E-state index in [9.17, 15) is 18.5 Å². The smallest absolute Gasteiger partial charge is 0.293 e. The first kappa shape index (κ1) is 17.6. The van der Waals surface area contributed by atoms with Gasteiger partial charge in [-0.05, 0) is 45.1 Å². The lowest BCUT2D eigenvalue weighted by Crippen LogP contribution is -2.41. The minimum atomic E-state index is -3.71. The summed E-state index contributed by atoms with van der Waals surface area (Å²) in [5, 5.41) is 14.5. The van der Waals surface area contributed by atoms with E-state index in [4.69, 9.17) is 0 Å². The minimum Gasteiger partial charge on any atom is -0.375 e. The first-order chi connectivity index (χ1) is 10.9. The summed E-state index contributed by atoms with van der Waals surface area (Å²) in [5.41, 5.74) is 0.128. The Bertz CT molecular complexity index is 677. The molecule has 0 spiro atoms. The molecule has 1 aromatic rings. The largest absolute Gasteiger partial charge is 0.375 e. The standard InChI is InChI=1S/C14H22N4O4S/c1-3-17-8-4-5-11(10-17)16-13-7-6-12(23(21,22)15-2)9-14(13)18(19)20/h6-7,9,11,15-16H,3-5,8,10H2,1-2H3. The van der Waals surface area contributed by atoms with Gasteiger partial charge in [0.1, 0.15) is 5.69 Å². The molecule has 2 rings (SSSR count). The number of benzene rings is 1. The third-order valence-electron chi connectivity index (χ3n) is 4.06. The number of nitro groups is 1. The quantitative estimate of drug-likeness (QED) is 0.598. The average molecular weight is 342 g/mol. The summed E-state index contributed by atoms with van der Waals surface area (Å²) in [7, 11) is -2.43. The van der Waals surface area contributed by atoms with E-state index < -0.39 is 14.9 Å². The van der Waals surface area contributed by atoms with Crippen LogP contribution in [0.4, 0.5) is 11.4 Å². The number of nitrogens with one attached hydrogen (secondary N) is 2. The fraction of sp³-hybridized carbons (Fsp3) is 0.571. The first-order valence-electron chi connectivity index (χ1n) is 7.58. The van der Waals surface area contributed by atoms with Gasteiger partial charge in [-0.1, -0.05) is 6.92 Å². The van der Waals surface area contributed by atoms with Crippen molar-refractivity contribution in [3.63, 3.8) is 0 Å². The number of anilines is 1. The van der Waals surface area contributed by atoms with Crippen LogP contribution in [0.15, 0.2) is 23.1 Å². The van der Waals surface area contributed by atoms with Gasteiger partial charge in [0.15, 0.2) is 0 Å². The average Bonchev–Trinajstić information content (AvgIpc) is 2.55. The zero-order valence-corrected chi connectivity index (χ0v) is 14.1. The Labute approximate surface area is 136 Å². The second kappa shape index (κ2) is 7.24. The summed E-state index contributed by atoms with van der Waals surface area (Å²) in [4.78, 5) is 12.9. The van der Waals surface area contributed by atoms with Crippen molar-refractivity contribution in [3.05, 3.63) is 28.3 Å². The summed E-state index contributed by atoms with van der Waals surface area (Å²) in [5.74, 6) is 0. The molecular weight excluding hydrogens is 320 g/mol. The Morgan fingerprint density at radius 1 is 1.43 bits per heavy atom. The van der Waals surface area contributed by atoms with E-state index in [1.807, 2.05) is 0 Å². The lowest BCUT2D eigenvalue weighted by molar-refractivity contribution is -0.384. The van der Waals surface area contributed by atoms with Crippen molar-refractivity contribution in [2.45, 2.75) is 30.7 Å². The number of nitro benzene ring substituents is 1. The van der Waals surface area contributed by atoms with Gasteiger partial charge < -0.3 is 10.2 Å². The van der Waals surface area contributed by atoms with E-state index in [0.29, 0.717) is 5.69 Å². The van der Waals surface area contributed by atoms with Crippen LogP contribution in [0.5, 0.6) is 0 Å². The second-order valence-corrected chi connectivity index (χ2v) is 7.41. The van der Waals surface area contributed by atoms with Crippen LogP contribution in [0.3, 0.4) is 0 Å². The van der Waals surface area contributed by atoms with Crippen molar-refractivity contribution < 1.29 is 13.3 Å². The molecule has 1 atom stereocenters. The van der Waals surface area contributed by atoms with E-state index in [1.165, 1.54) is 19.2 Å². The van der Waals surface area contributed by atoms with Crippen molar-refractivity contribution in [1.82, 2.24) is 9.62 Å². The number of likely N-dealkylation sites (N-methyl/N-ethyl adjacent to an activating group) is 1. The molecule has 0 saturated carbocycles. The molecule has 1 heterocycles. The molecule has 0 aromatic heterocycles. The van der Waals surface area contributed by atoms with E-state index in [0.717, 1.165) is 38.5 Å². The van der Waals surface area contributed by atoms with Crippen LogP contribution >= 0.6 is 0 Å². The van der Waals surface area contributed by atoms with Crippen LogP contribution in [0.25, 0.3) is 0 Å². The first-order valence-corrected chi connectivity index (χ1v) is 9.06. The molecule has 1 aromatic carbocycles. The number of hydrogen-bond donors (Lipinski definition) is 2. The molecule has 1 saturated heterocycles. The molecule has 1 fully saturated rings. The van der Waals surface area contributed by atoms with Crippen LogP contribution in [0.1, 0.15) is 19.8 Å². The Morgan fingerprint density at radius 2 is 2.17 bits per heavy atom. The van der Waals surface area contributed by atoms with Crippen LogP contribution in [-0.4, -0.2) is 51.0 Å². The zero-order valence-electron chi connectivity index (χ0n) is 13.3. The van der Waals surface area contributed by atoms with Crippen molar-refractivity contribution in [3.8, 4) is 0 Å². The molecule has 0 amide bonds. The van der Waals surface area contributed by atoms with Gasteiger partial charge in [0.2, 0.25) is 10.0 Å². The number of nitrogens with zero attached hydrogens (tertiary/aromatic N) is 2. The van der Waals surface area contributed by atoms with Crippen molar-refractivity contribution in [1.29, 1.82) is 0 Å². The normalized spacial score (nSPS) is 19.5. The highest BCUT2D eigenvalue weighted by Gasteiger charge is 2.24. The van der Waals surface area contributed by atoms with Gasteiger partial charge in [-0.15, -0.1) is 0 Å². The molecule has 8 nitrogen and oxygen atoms in total. The zero-order chi connectivity index (χ0) is 17.0. The number of likely N-dealkylation sites (tertiary alicyclic amines) is 1. The predicted molar refractivity (Wildman–Crippen MR) is 88.1 cm³/mol. The van der Waals surface area contributed by atoms with Crippen LogP contribution in [0, 0.1) is 10.1 Å². The molecule has 0 aliphatic carbocycles.